The lowest BCUT2D eigenvalue weighted by atomic mass is 9.86. The van der Waals surface area contributed by atoms with Crippen molar-refractivity contribution in [3.8, 4) is 0 Å². The molecule has 4 rings (SSSR count). The molecule has 0 aliphatic carbocycles. The quantitative estimate of drug-likeness (QED) is 0.845. The second-order valence-corrected chi connectivity index (χ2v) is 7.28. The molecule has 0 saturated carbocycles. The first-order valence-electron chi connectivity index (χ1n) is 8.03. The average Bonchev–Trinajstić information content (AvgIpc) is 3.17. The largest absolute Gasteiger partial charge is 0.379 e. The number of ether oxygens (including phenoxy) is 2. The van der Waals surface area contributed by atoms with Crippen molar-refractivity contribution in [1.82, 2.24) is 9.80 Å². The molecule has 3 aliphatic heterocycles. The molecule has 3 fully saturated rings. The van der Waals surface area contributed by atoms with Crippen LogP contribution in [0.1, 0.15) is 5.56 Å². The fourth-order valence-corrected chi connectivity index (χ4v) is 4.78. The van der Waals surface area contributed by atoms with Crippen LogP contribution in [0.2, 0.25) is 0 Å². The van der Waals surface area contributed by atoms with Gasteiger partial charge in [-0.1, -0.05) is 0 Å². The van der Waals surface area contributed by atoms with Crippen LogP contribution >= 0.6 is 11.3 Å². The van der Waals surface area contributed by atoms with Crippen molar-refractivity contribution < 1.29 is 9.47 Å². The lowest BCUT2D eigenvalue weighted by molar-refractivity contribution is -0.0683. The third kappa shape index (κ3) is 3.03. The number of thiophene rings is 1. The predicted molar refractivity (Wildman–Crippen MR) is 83.6 cm³/mol. The van der Waals surface area contributed by atoms with Gasteiger partial charge in [0.25, 0.3) is 0 Å². The van der Waals surface area contributed by atoms with E-state index in [-0.39, 0.29) is 0 Å². The molecule has 0 bridgehead atoms. The van der Waals surface area contributed by atoms with Gasteiger partial charge >= 0.3 is 0 Å². The molecule has 3 atom stereocenters. The minimum atomic E-state index is 0.597. The molecule has 21 heavy (non-hydrogen) atoms. The number of morpholine rings is 1. The van der Waals surface area contributed by atoms with E-state index in [0.29, 0.717) is 12.0 Å². The van der Waals surface area contributed by atoms with Gasteiger partial charge in [0.1, 0.15) is 0 Å². The summed E-state index contributed by atoms with van der Waals surface area (Å²) in [7, 11) is 0. The molecule has 1 aromatic heterocycles. The Balaban J connectivity index is 1.42. The molecule has 3 saturated heterocycles. The number of hydrogen-bond donors (Lipinski definition) is 0. The van der Waals surface area contributed by atoms with E-state index in [1.54, 1.807) is 11.3 Å². The zero-order valence-electron chi connectivity index (χ0n) is 12.4. The molecule has 0 spiro atoms. The molecule has 3 aliphatic rings. The highest BCUT2D eigenvalue weighted by Gasteiger charge is 2.43. The molecule has 5 heteroatoms. The fraction of sp³-hybridized carbons (Fsp3) is 0.750. The van der Waals surface area contributed by atoms with Crippen LogP contribution in [0.25, 0.3) is 0 Å². The number of rotatable bonds is 3. The second kappa shape index (κ2) is 6.34. The maximum absolute atomic E-state index is 5.93. The smallest absolute Gasteiger partial charge is 0.0625 e. The molecule has 0 amide bonds. The van der Waals surface area contributed by atoms with Gasteiger partial charge in [0.05, 0.1) is 26.4 Å². The Labute approximate surface area is 130 Å². The lowest BCUT2D eigenvalue weighted by Crippen LogP contribution is -2.53. The Bertz CT molecular complexity index is 447. The SMILES string of the molecule is c1cc(CN2C[C@@H]3COC[C@@H](N4CCOCC4)[C@@H]3C2)cs1. The molecule has 1 aromatic rings. The third-order valence-corrected chi connectivity index (χ3v) is 5.92. The molecule has 0 radical (unpaired) electrons. The first-order chi connectivity index (χ1) is 10.4. The average molecular weight is 308 g/mol. The van der Waals surface area contributed by atoms with Gasteiger partial charge in [-0.15, -0.1) is 0 Å². The van der Waals surface area contributed by atoms with Gasteiger partial charge in [-0.3, -0.25) is 9.80 Å². The summed E-state index contributed by atoms with van der Waals surface area (Å²) < 4.78 is 11.4. The van der Waals surface area contributed by atoms with Crippen molar-refractivity contribution in [2.24, 2.45) is 11.8 Å². The molecule has 0 aromatic carbocycles. The molecule has 0 unspecified atom stereocenters. The van der Waals surface area contributed by atoms with E-state index in [0.717, 1.165) is 52.0 Å². The van der Waals surface area contributed by atoms with Crippen molar-refractivity contribution >= 4 is 11.3 Å². The normalized spacial score (nSPS) is 35.0. The highest BCUT2D eigenvalue weighted by Crippen LogP contribution is 2.34. The summed E-state index contributed by atoms with van der Waals surface area (Å²) in [6.45, 7) is 9.29. The van der Waals surface area contributed by atoms with Crippen LogP contribution in [-0.4, -0.2) is 68.4 Å². The molecular formula is C16H24N2O2S. The standard InChI is InChI=1S/C16H24N2O2S/c1-6-21-12-13(1)7-17-8-14-10-20-11-16(15(14)9-17)18-2-4-19-5-3-18/h1,6,12,14-16H,2-5,7-11H2/t14-,15-,16-/m1/s1. The third-order valence-electron chi connectivity index (χ3n) is 5.18. The van der Waals surface area contributed by atoms with Crippen LogP contribution in [0.15, 0.2) is 16.8 Å². The number of hydrogen-bond acceptors (Lipinski definition) is 5. The number of likely N-dealkylation sites (tertiary alicyclic amines) is 1. The second-order valence-electron chi connectivity index (χ2n) is 6.50. The van der Waals surface area contributed by atoms with Gasteiger partial charge in [0.2, 0.25) is 0 Å². The number of nitrogens with zero attached hydrogens (tertiary/aromatic N) is 2. The van der Waals surface area contributed by atoms with Crippen molar-refractivity contribution in [2.75, 3.05) is 52.6 Å². The highest BCUT2D eigenvalue weighted by molar-refractivity contribution is 7.07. The van der Waals surface area contributed by atoms with Crippen LogP contribution in [0.5, 0.6) is 0 Å². The van der Waals surface area contributed by atoms with E-state index >= 15 is 0 Å². The molecule has 4 nitrogen and oxygen atoms in total. The van der Waals surface area contributed by atoms with Crippen LogP contribution < -0.4 is 0 Å². The molecule has 116 valence electrons. The summed E-state index contributed by atoms with van der Waals surface area (Å²) in [5, 5.41) is 4.45. The summed E-state index contributed by atoms with van der Waals surface area (Å²) in [6.07, 6.45) is 0. The summed E-state index contributed by atoms with van der Waals surface area (Å²) in [6, 6.07) is 2.85. The van der Waals surface area contributed by atoms with Gasteiger partial charge in [0.15, 0.2) is 0 Å². The summed E-state index contributed by atoms with van der Waals surface area (Å²) in [5.41, 5.74) is 1.46. The minimum Gasteiger partial charge on any atom is -0.379 e. The Kier molecular flexibility index (Phi) is 4.27. The lowest BCUT2D eigenvalue weighted by Gasteiger charge is -2.42. The van der Waals surface area contributed by atoms with E-state index in [1.807, 2.05) is 0 Å². The van der Waals surface area contributed by atoms with Crippen LogP contribution in [0.4, 0.5) is 0 Å². The van der Waals surface area contributed by atoms with Gasteiger partial charge in [0, 0.05) is 44.7 Å². The Hall–Kier alpha value is -0.460. The van der Waals surface area contributed by atoms with E-state index in [2.05, 4.69) is 26.6 Å². The van der Waals surface area contributed by atoms with Gasteiger partial charge < -0.3 is 9.47 Å². The zero-order chi connectivity index (χ0) is 14.1. The Morgan fingerprint density at radius 2 is 2.05 bits per heavy atom. The van der Waals surface area contributed by atoms with Gasteiger partial charge in [-0.25, -0.2) is 0 Å². The first-order valence-corrected chi connectivity index (χ1v) is 8.97. The van der Waals surface area contributed by atoms with Crippen LogP contribution in [-0.2, 0) is 16.0 Å². The summed E-state index contributed by atoms with van der Waals surface area (Å²) >= 11 is 1.80. The molecule has 4 heterocycles. The molecular weight excluding hydrogens is 284 g/mol. The minimum absolute atomic E-state index is 0.597. The van der Waals surface area contributed by atoms with Gasteiger partial charge in [-0.05, 0) is 28.3 Å². The Morgan fingerprint density at radius 3 is 2.86 bits per heavy atom. The monoisotopic (exact) mass is 308 g/mol. The predicted octanol–water partition coefficient (Wildman–Crippen LogP) is 1.53. The van der Waals surface area contributed by atoms with Crippen molar-refractivity contribution in [3.63, 3.8) is 0 Å². The first kappa shape index (κ1) is 14.2. The Morgan fingerprint density at radius 1 is 1.14 bits per heavy atom. The van der Waals surface area contributed by atoms with E-state index < -0.39 is 0 Å². The fourth-order valence-electron chi connectivity index (χ4n) is 4.12. The highest BCUT2D eigenvalue weighted by atomic mass is 32.1. The summed E-state index contributed by atoms with van der Waals surface area (Å²) in [5.74, 6) is 1.49. The van der Waals surface area contributed by atoms with Crippen LogP contribution in [0.3, 0.4) is 0 Å². The molecule has 0 N–H and O–H groups in total. The topological polar surface area (TPSA) is 24.9 Å². The van der Waals surface area contributed by atoms with Crippen molar-refractivity contribution in [3.05, 3.63) is 22.4 Å². The maximum Gasteiger partial charge on any atom is 0.0625 e. The van der Waals surface area contributed by atoms with Crippen LogP contribution in [0, 0.1) is 11.8 Å². The maximum atomic E-state index is 5.93. The van der Waals surface area contributed by atoms with Crippen molar-refractivity contribution in [1.29, 1.82) is 0 Å². The zero-order valence-corrected chi connectivity index (χ0v) is 13.3. The van der Waals surface area contributed by atoms with Gasteiger partial charge in [-0.2, -0.15) is 11.3 Å². The van der Waals surface area contributed by atoms with E-state index in [4.69, 9.17) is 9.47 Å². The van der Waals surface area contributed by atoms with Crippen molar-refractivity contribution in [2.45, 2.75) is 12.6 Å². The summed E-state index contributed by atoms with van der Waals surface area (Å²) in [4.78, 5) is 5.23. The van der Waals surface area contributed by atoms with E-state index in [1.165, 1.54) is 18.7 Å². The number of fused-ring (bicyclic) bond motifs is 1. The van der Waals surface area contributed by atoms with E-state index in [9.17, 15) is 0 Å².